The van der Waals surface area contributed by atoms with Crippen molar-refractivity contribution in [1.82, 2.24) is 0 Å². The Labute approximate surface area is 93.6 Å². The van der Waals surface area contributed by atoms with E-state index in [1.54, 1.807) is 12.1 Å². The van der Waals surface area contributed by atoms with Gasteiger partial charge in [0.15, 0.2) is 0 Å². The Bertz CT molecular complexity index is 383. The summed E-state index contributed by atoms with van der Waals surface area (Å²) >= 11 is 0. The van der Waals surface area contributed by atoms with E-state index in [4.69, 9.17) is 0 Å². The molecule has 86 valence electrons. The van der Waals surface area contributed by atoms with Crippen LogP contribution in [-0.4, -0.2) is 22.7 Å². The summed E-state index contributed by atoms with van der Waals surface area (Å²) in [4.78, 5) is 10.0. The number of hydrogen-bond acceptors (Lipinski definition) is 3. The molecule has 1 aliphatic heterocycles. The number of non-ortho nitro benzene ring substituents is 1. The molecule has 2 rings (SSSR count). The molecule has 0 spiro atoms. The summed E-state index contributed by atoms with van der Waals surface area (Å²) in [6.45, 7) is 1.76. The first-order valence-corrected chi connectivity index (χ1v) is 5.39. The maximum Gasteiger partial charge on any atom is 0.269 e. The first-order chi connectivity index (χ1) is 7.59. The summed E-state index contributed by atoms with van der Waals surface area (Å²) in [6.07, 6.45) is 1.97. The number of hydrogen-bond donors (Lipinski definition) is 0. The van der Waals surface area contributed by atoms with Crippen LogP contribution in [0.4, 0.5) is 5.69 Å². The lowest BCUT2D eigenvalue weighted by molar-refractivity contribution is -0.881. The zero-order chi connectivity index (χ0) is 11.6. The zero-order valence-electron chi connectivity index (χ0n) is 8.96. The van der Waals surface area contributed by atoms with E-state index >= 15 is 0 Å². The summed E-state index contributed by atoms with van der Waals surface area (Å²) in [7, 11) is 0. The van der Waals surface area contributed by atoms with Crippen LogP contribution in [0.5, 0.6) is 0 Å². The molecule has 1 saturated heterocycles. The van der Waals surface area contributed by atoms with Gasteiger partial charge in [0, 0.05) is 30.5 Å². The van der Waals surface area contributed by atoms with Crippen LogP contribution in [-0.2, 0) is 6.54 Å². The molecule has 1 aliphatic rings. The molecule has 0 saturated carbocycles. The van der Waals surface area contributed by atoms with Gasteiger partial charge in [-0.25, -0.2) is 0 Å². The molecule has 1 heterocycles. The summed E-state index contributed by atoms with van der Waals surface area (Å²) in [5.41, 5.74) is 0.949. The third-order valence-corrected chi connectivity index (χ3v) is 3.00. The highest BCUT2D eigenvalue weighted by molar-refractivity contribution is 5.32. The monoisotopic (exact) mass is 222 g/mol. The van der Waals surface area contributed by atoms with Crippen LogP contribution in [0.3, 0.4) is 0 Å². The van der Waals surface area contributed by atoms with E-state index in [1.165, 1.54) is 12.1 Å². The quantitative estimate of drug-likeness (QED) is 0.341. The Morgan fingerprint density at radius 2 is 1.75 bits per heavy atom. The third-order valence-electron chi connectivity index (χ3n) is 3.00. The minimum Gasteiger partial charge on any atom is -0.633 e. The van der Waals surface area contributed by atoms with Gasteiger partial charge in [0.05, 0.1) is 18.0 Å². The molecular weight excluding hydrogens is 208 g/mol. The molecule has 0 radical (unpaired) electrons. The second-order valence-electron chi connectivity index (χ2n) is 4.29. The van der Waals surface area contributed by atoms with E-state index in [1.807, 2.05) is 0 Å². The maximum atomic E-state index is 12.1. The molecule has 16 heavy (non-hydrogen) atoms. The van der Waals surface area contributed by atoms with Gasteiger partial charge in [-0.05, 0) is 12.1 Å². The van der Waals surface area contributed by atoms with Gasteiger partial charge in [0.1, 0.15) is 6.54 Å². The van der Waals surface area contributed by atoms with Gasteiger partial charge in [0.2, 0.25) is 0 Å². The van der Waals surface area contributed by atoms with Gasteiger partial charge in [-0.15, -0.1) is 0 Å². The van der Waals surface area contributed by atoms with Crippen LogP contribution >= 0.6 is 0 Å². The molecule has 0 N–H and O–H groups in total. The highest BCUT2D eigenvalue weighted by Crippen LogP contribution is 2.22. The maximum absolute atomic E-state index is 12.1. The van der Waals surface area contributed by atoms with Crippen LogP contribution < -0.4 is 0 Å². The molecule has 1 aromatic carbocycles. The molecule has 1 fully saturated rings. The molecule has 5 nitrogen and oxygen atoms in total. The summed E-state index contributed by atoms with van der Waals surface area (Å²) < 4.78 is -0.183. The van der Waals surface area contributed by atoms with Crippen molar-refractivity contribution >= 4 is 5.69 Å². The van der Waals surface area contributed by atoms with E-state index in [9.17, 15) is 15.3 Å². The number of nitro groups is 1. The van der Waals surface area contributed by atoms with E-state index < -0.39 is 4.92 Å². The van der Waals surface area contributed by atoms with Crippen molar-refractivity contribution in [3.63, 3.8) is 0 Å². The zero-order valence-corrected chi connectivity index (χ0v) is 8.96. The third kappa shape index (κ3) is 2.37. The largest absolute Gasteiger partial charge is 0.633 e. The molecule has 0 bridgehead atoms. The smallest absolute Gasteiger partial charge is 0.269 e. The lowest BCUT2D eigenvalue weighted by Gasteiger charge is -2.38. The number of quaternary nitrogens is 1. The minimum absolute atomic E-state index is 0.0719. The normalized spacial score (nSPS) is 18.6. The number of nitro benzene ring substituents is 1. The number of nitrogens with zero attached hydrogens (tertiary/aromatic N) is 2. The Morgan fingerprint density at radius 1 is 1.19 bits per heavy atom. The van der Waals surface area contributed by atoms with Gasteiger partial charge in [-0.1, -0.05) is 0 Å². The summed E-state index contributed by atoms with van der Waals surface area (Å²) in [5.74, 6) is 0. The second kappa shape index (κ2) is 4.19. The van der Waals surface area contributed by atoms with Crippen molar-refractivity contribution < 1.29 is 9.57 Å². The van der Waals surface area contributed by atoms with Crippen molar-refractivity contribution in [3.05, 3.63) is 45.2 Å². The van der Waals surface area contributed by atoms with Crippen LogP contribution in [0.2, 0.25) is 0 Å². The van der Waals surface area contributed by atoms with E-state index in [-0.39, 0.29) is 10.3 Å². The molecule has 0 unspecified atom stereocenters. The Hall–Kier alpha value is -1.46. The minimum atomic E-state index is -0.429. The average Bonchev–Trinajstić information content (AvgIpc) is 2.65. The van der Waals surface area contributed by atoms with E-state index in [2.05, 4.69) is 0 Å². The Morgan fingerprint density at radius 3 is 2.25 bits per heavy atom. The molecule has 0 aliphatic carbocycles. The fourth-order valence-corrected chi connectivity index (χ4v) is 2.13. The van der Waals surface area contributed by atoms with Gasteiger partial charge in [-0.3, -0.25) is 10.1 Å². The molecule has 0 amide bonds. The lowest BCUT2D eigenvalue weighted by atomic mass is 10.2. The standard InChI is InChI=1S/C11H14N2O3/c14-12(15)11-5-3-10(4-6-11)9-13(16)7-1-2-8-13/h3-6H,1-2,7-9H2. The first-order valence-electron chi connectivity index (χ1n) is 5.39. The van der Waals surface area contributed by atoms with Crippen molar-refractivity contribution in [1.29, 1.82) is 0 Å². The number of benzene rings is 1. The number of likely N-dealkylation sites (tertiary alicyclic amines) is 1. The Balaban J connectivity index is 2.07. The fraction of sp³-hybridized carbons (Fsp3) is 0.455. The van der Waals surface area contributed by atoms with Crippen molar-refractivity contribution in [2.75, 3.05) is 13.1 Å². The number of rotatable bonds is 3. The Kier molecular flexibility index (Phi) is 2.89. The summed E-state index contributed by atoms with van der Waals surface area (Å²) in [6, 6.07) is 6.26. The van der Waals surface area contributed by atoms with Gasteiger partial charge < -0.3 is 9.85 Å². The van der Waals surface area contributed by atoms with Crippen molar-refractivity contribution in [2.45, 2.75) is 19.4 Å². The van der Waals surface area contributed by atoms with Crippen LogP contribution in [0, 0.1) is 15.3 Å². The predicted octanol–water partition coefficient (Wildman–Crippen LogP) is 2.20. The average molecular weight is 222 g/mol. The SMILES string of the molecule is O=[N+]([O-])c1ccc(C[N+]2([O-])CCCC2)cc1. The van der Waals surface area contributed by atoms with E-state index in [0.717, 1.165) is 18.4 Å². The van der Waals surface area contributed by atoms with Crippen LogP contribution in [0.25, 0.3) is 0 Å². The molecular formula is C11H14N2O3. The van der Waals surface area contributed by atoms with Gasteiger partial charge >= 0.3 is 0 Å². The highest BCUT2D eigenvalue weighted by Gasteiger charge is 2.23. The van der Waals surface area contributed by atoms with Crippen LogP contribution in [0.1, 0.15) is 18.4 Å². The lowest BCUT2D eigenvalue weighted by Crippen LogP contribution is -2.37. The van der Waals surface area contributed by atoms with Crippen LogP contribution in [0.15, 0.2) is 24.3 Å². The molecule has 5 heteroatoms. The molecule has 0 aromatic heterocycles. The fourth-order valence-electron chi connectivity index (χ4n) is 2.13. The van der Waals surface area contributed by atoms with E-state index in [0.29, 0.717) is 19.6 Å². The van der Waals surface area contributed by atoms with Crippen molar-refractivity contribution in [2.24, 2.45) is 0 Å². The van der Waals surface area contributed by atoms with Gasteiger partial charge in [-0.2, -0.15) is 0 Å². The molecule has 1 aromatic rings. The first kappa shape index (κ1) is 11.0. The highest BCUT2D eigenvalue weighted by atomic mass is 16.6. The molecule has 0 atom stereocenters. The second-order valence-corrected chi connectivity index (χ2v) is 4.29. The topological polar surface area (TPSA) is 66.2 Å². The predicted molar refractivity (Wildman–Crippen MR) is 59.4 cm³/mol. The summed E-state index contributed by atoms with van der Waals surface area (Å²) in [5, 5.41) is 22.6. The van der Waals surface area contributed by atoms with Gasteiger partial charge in [0.25, 0.3) is 5.69 Å². The van der Waals surface area contributed by atoms with Crippen molar-refractivity contribution in [3.8, 4) is 0 Å². The number of hydroxylamine groups is 3.